The molecule has 8 nitrogen and oxygen atoms in total. The van der Waals surface area contributed by atoms with E-state index in [9.17, 15) is 18.0 Å². The lowest BCUT2D eigenvalue weighted by Crippen LogP contribution is -2.57. The van der Waals surface area contributed by atoms with Gasteiger partial charge in [0.15, 0.2) is 14.6 Å². The predicted molar refractivity (Wildman–Crippen MR) is 93.6 cm³/mol. The van der Waals surface area contributed by atoms with Crippen molar-refractivity contribution in [1.29, 1.82) is 0 Å². The number of carbonyl (C=O) groups excluding carboxylic acids is 2. The van der Waals surface area contributed by atoms with Gasteiger partial charge in [-0.05, 0) is 38.9 Å². The van der Waals surface area contributed by atoms with E-state index >= 15 is 0 Å². The van der Waals surface area contributed by atoms with E-state index in [1.807, 2.05) is 0 Å². The van der Waals surface area contributed by atoms with Crippen molar-refractivity contribution in [2.45, 2.75) is 31.1 Å². The molecule has 2 heterocycles. The number of aryl methyl sites for hydroxylation is 1. The molecule has 1 aromatic heterocycles. The first kappa shape index (κ1) is 21.5. The van der Waals surface area contributed by atoms with Crippen molar-refractivity contribution in [2.75, 3.05) is 26.5 Å². The molecule has 0 atom stereocenters. The molecule has 0 aromatic carbocycles. The van der Waals surface area contributed by atoms with Crippen LogP contribution in [0.2, 0.25) is 0 Å². The highest BCUT2D eigenvalue weighted by Crippen LogP contribution is 2.28. The number of amides is 1. The summed E-state index contributed by atoms with van der Waals surface area (Å²) in [6.45, 7) is 2.55. The van der Waals surface area contributed by atoms with E-state index in [1.54, 1.807) is 6.92 Å². The van der Waals surface area contributed by atoms with Crippen LogP contribution in [0.5, 0.6) is 0 Å². The summed E-state index contributed by atoms with van der Waals surface area (Å²) in [6.07, 6.45) is 1.54. The fraction of sp³-hybridized carbons (Fsp3) is 0.600. The first-order valence-corrected chi connectivity index (χ1v) is 9.46. The molecule has 0 saturated carbocycles. The van der Waals surface area contributed by atoms with E-state index in [0.717, 1.165) is 6.26 Å². The molecular weight excluding hydrogens is 372 g/mol. The summed E-state index contributed by atoms with van der Waals surface area (Å²) in [5, 5.41) is 5.68. The van der Waals surface area contributed by atoms with Gasteiger partial charge in [0.05, 0.1) is 13.7 Å². The minimum atomic E-state index is -3.57. The number of hydrogen-bond donors (Lipinski definition) is 2. The second-order valence-corrected chi connectivity index (χ2v) is 8.20. The lowest BCUT2D eigenvalue weighted by atomic mass is 9.96. The molecule has 1 amide bonds. The maximum atomic E-state index is 12.6. The summed E-state index contributed by atoms with van der Waals surface area (Å²) in [5.74, 6) is -0.329. The SMILES string of the molecule is COC(=O)c1cc(CNC(=O)C2(S(C)(=O)=O)CCNCC2)oc1C.Cl. The van der Waals surface area contributed by atoms with E-state index in [4.69, 9.17) is 4.42 Å². The molecule has 0 unspecified atom stereocenters. The number of nitrogens with one attached hydrogen (secondary N) is 2. The van der Waals surface area contributed by atoms with E-state index in [0.29, 0.717) is 24.6 Å². The molecule has 0 spiro atoms. The molecule has 0 radical (unpaired) electrons. The van der Waals surface area contributed by atoms with Crippen LogP contribution < -0.4 is 10.6 Å². The Kier molecular flexibility index (Phi) is 7.04. The van der Waals surface area contributed by atoms with Crippen LogP contribution in [-0.2, 0) is 25.9 Å². The van der Waals surface area contributed by atoms with Gasteiger partial charge in [-0.25, -0.2) is 13.2 Å². The largest absolute Gasteiger partial charge is 0.465 e. The van der Waals surface area contributed by atoms with Crippen LogP contribution in [0.3, 0.4) is 0 Å². The Morgan fingerprint density at radius 1 is 1.36 bits per heavy atom. The zero-order valence-electron chi connectivity index (χ0n) is 14.4. The molecule has 10 heteroatoms. The van der Waals surface area contributed by atoms with Crippen molar-refractivity contribution < 1.29 is 27.2 Å². The van der Waals surface area contributed by atoms with Crippen molar-refractivity contribution in [3.05, 3.63) is 23.2 Å². The highest BCUT2D eigenvalue weighted by molar-refractivity contribution is 7.92. The Hall–Kier alpha value is -1.58. The molecule has 25 heavy (non-hydrogen) atoms. The van der Waals surface area contributed by atoms with E-state index in [1.165, 1.54) is 13.2 Å². The standard InChI is InChI=1S/C15H22N2O6S.ClH/c1-10-12(13(18)22-2)8-11(23-10)9-17-14(19)15(24(3,20)21)4-6-16-7-5-15;/h8,16H,4-7,9H2,1-3H3,(H,17,19);1H. The number of hydrogen-bond acceptors (Lipinski definition) is 7. The summed E-state index contributed by atoms with van der Waals surface area (Å²) >= 11 is 0. The van der Waals surface area contributed by atoms with Gasteiger partial charge in [0.2, 0.25) is 5.91 Å². The molecule has 1 saturated heterocycles. The van der Waals surface area contributed by atoms with Gasteiger partial charge < -0.3 is 19.8 Å². The van der Waals surface area contributed by atoms with Gasteiger partial charge >= 0.3 is 5.97 Å². The van der Waals surface area contributed by atoms with Gasteiger partial charge in [-0.1, -0.05) is 0 Å². The van der Waals surface area contributed by atoms with E-state index in [-0.39, 0.29) is 37.4 Å². The number of esters is 1. The molecule has 1 aliphatic heterocycles. The van der Waals surface area contributed by atoms with Gasteiger partial charge in [-0.2, -0.15) is 0 Å². The van der Waals surface area contributed by atoms with Crippen LogP contribution in [0.4, 0.5) is 0 Å². The van der Waals surface area contributed by atoms with Gasteiger partial charge in [0.25, 0.3) is 0 Å². The average Bonchev–Trinajstić information content (AvgIpc) is 2.92. The Balaban J connectivity index is 0.00000312. The first-order chi connectivity index (χ1) is 11.2. The second-order valence-electron chi connectivity index (χ2n) is 5.87. The normalized spacial score (nSPS) is 16.6. The number of ether oxygens (including phenoxy) is 1. The number of sulfone groups is 1. The molecule has 0 aliphatic carbocycles. The first-order valence-electron chi connectivity index (χ1n) is 7.57. The fourth-order valence-electron chi connectivity index (χ4n) is 2.87. The number of halogens is 1. The lowest BCUT2D eigenvalue weighted by Gasteiger charge is -2.34. The number of methoxy groups -OCH3 is 1. The maximum Gasteiger partial charge on any atom is 0.341 e. The molecule has 2 N–H and O–H groups in total. The summed E-state index contributed by atoms with van der Waals surface area (Å²) in [5.41, 5.74) is 0.279. The van der Waals surface area contributed by atoms with E-state index in [2.05, 4.69) is 15.4 Å². The minimum Gasteiger partial charge on any atom is -0.465 e. The predicted octanol–water partition coefficient (Wildman–Crippen LogP) is 0.579. The molecule has 1 fully saturated rings. The Labute approximate surface area is 153 Å². The third-order valence-electron chi connectivity index (χ3n) is 4.33. The quantitative estimate of drug-likeness (QED) is 0.702. The molecule has 2 rings (SSSR count). The van der Waals surface area contributed by atoms with Gasteiger partial charge in [-0.3, -0.25) is 4.79 Å². The smallest absolute Gasteiger partial charge is 0.341 e. The maximum absolute atomic E-state index is 12.6. The van der Waals surface area contributed by atoms with Crippen LogP contribution >= 0.6 is 12.4 Å². The highest BCUT2D eigenvalue weighted by Gasteiger charge is 2.48. The van der Waals surface area contributed by atoms with Crippen molar-refractivity contribution in [3.63, 3.8) is 0 Å². The van der Waals surface area contributed by atoms with Gasteiger partial charge in [-0.15, -0.1) is 12.4 Å². The topological polar surface area (TPSA) is 115 Å². The van der Waals surface area contributed by atoms with Crippen LogP contribution in [0, 0.1) is 6.92 Å². The average molecular weight is 395 g/mol. The second kappa shape index (κ2) is 8.20. The zero-order valence-corrected chi connectivity index (χ0v) is 16.0. The zero-order chi connectivity index (χ0) is 18.0. The molecule has 142 valence electrons. The molecule has 1 aromatic rings. The third kappa shape index (κ3) is 4.34. The Morgan fingerprint density at radius 2 is 1.96 bits per heavy atom. The van der Waals surface area contributed by atoms with Gasteiger partial charge in [0.1, 0.15) is 17.1 Å². The Bertz CT molecular complexity index is 737. The number of furan rings is 1. The Morgan fingerprint density at radius 3 is 2.48 bits per heavy atom. The van der Waals surface area contributed by atoms with Crippen molar-refractivity contribution >= 4 is 34.1 Å². The van der Waals surface area contributed by atoms with E-state index < -0.39 is 26.5 Å². The fourth-order valence-corrected chi connectivity index (χ4v) is 4.22. The highest BCUT2D eigenvalue weighted by atomic mass is 35.5. The lowest BCUT2D eigenvalue weighted by molar-refractivity contribution is -0.124. The molecule has 0 bridgehead atoms. The third-order valence-corrected chi connectivity index (χ3v) is 6.35. The van der Waals surface area contributed by atoms with Gasteiger partial charge in [0, 0.05) is 6.26 Å². The molecule has 1 aliphatic rings. The summed E-state index contributed by atoms with van der Waals surface area (Å²) in [4.78, 5) is 24.1. The van der Waals surface area contributed by atoms with Crippen molar-refractivity contribution in [1.82, 2.24) is 10.6 Å². The number of piperidine rings is 1. The number of carbonyl (C=O) groups is 2. The van der Waals surface area contributed by atoms with Crippen LogP contribution in [0.15, 0.2) is 10.5 Å². The van der Waals surface area contributed by atoms with Crippen LogP contribution in [0.25, 0.3) is 0 Å². The summed E-state index contributed by atoms with van der Waals surface area (Å²) in [6, 6.07) is 1.48. The summed E-state index contributed by atoms with van der Waals surface area (Å²) in [7, 11) is -2.30. The summed E-state index contributed by atoms with van der Waals surface area (Å²) < 4.78 is 33.0. The van der Waals surface area contributed by atoms with Crippen molar-refractivity contribution in [2.24, 2.45) is 0 Å². The minimum absolute atomic E-state index is 0. The van der Waals surface area contributed by atoms with Crippen LogP contribution in [-0.4, -0.2) is 51.5 Å². The monoisotopic (exact) mass is 394 g/mol. The number of rotatable bonds is 5. The van der Waals surface area contributed by atoms with Crippen molar-refractivity contribution in [3.8, 4) is 0 Å². The molecular formula is C15H23ClN2O6S. The van der Waals surface area contributed by atoms with Crippen LogP contribution in [0.1, 0.15) is 34.7 Å².